The van der Waals surface area contributed by atoms with Crippen LogP contribution in [0.3, 0.4) is 0 Å². The highest BCUT2D eigenvalue weighted by atomic mass is 19.4. The summed E-state index contributed by atoms with van der Waals surface area (Å²) in [7, 11) is 2.26. The van der Waals surface area contributed by atoms with E-state index < -0.39 is 18.1 Å². The van der Waals surface area contributed by atoms with E-state index in [0.29, 0.717) is 4.90 Å². The van der Waals surface area contributed by atoms with E-state index in [9.17, 15) is 18.0 Å². The molecule has 0 aliphatic carbocycles. The lowest BCUT2D eigenvalue weighted by atomic mass is 10.1. The quantitative estimate of drug-likeness (QED) is 0.848. The zero-order valence-electron chi connectivity index (χ0n) is 10.2. The summed E-state index contributed by atoms with van der Waals surface area (Å²) in [6.45, 7) is 0. The zero-order valence-corrected chi connectivity index (χ0v) is 10.2. The maximum absolute atomic E-state index is 12.4. The predicted molar refractivity (Wildman–Crippen MR) is 60.2 cm³/mol. The van der Waals surface area contributed by atoms with Gasteiger partial charge in [0.1, 0.15) is 11.8 Å². The summed E-state index contributed by atoms with van der Waals surface area (Å²) in [6, 6.07) is 6.41. The molecule has 1 rings (SSSR count). The van der Waals surface area contributed by atoms with Crippen LogP contribution >= 0.6 is 0 Å². The number of methoxy groups -OCH3 is 1. The van der Waals surface area contributed by atoms with Crippen LogP contribution in [0.5, 0.6) is 5.75 Å². The molecule has 1 amide bonds. The van der Waals surface area contributed by atoms with Crippen molar-refractivity contribution in [2.45, 2.75) is 12.2 Å². The van der Waals surface area contributed by atoms with E-state index in [2.05, 4.69) is 0 Å². The number of hydrogen-bond donors (Lipinski definition) is 0. The molecule has 0 bridgehead atoms. The zero-order chi connectivity index (χ0) is 14.6. The lowest BCUT2D eigenvalue weighted by Crippen LogP contribution is -2.40. The van der Waals surface area contributed by atoms with Gasteiger partial charge in [-0.05, 0) is 6.07 Å². The Balaban J connectivity index is 3.15. The average molecular weight is 272 g/mol. The standard InChI is InChI=1S/C12H11F3N2O2/c1-17(11(18)12(13,14)15)9(7-16)8-5-3-4-6-10(8)19-2/h3-6,9H,1-2H3. The second-order valence-electron chi connectivity index (χ2n) is 3.69. The number of nitrogens with zero attached hydrogens (tertiary/aromatic N) is 2. The minimum atomic E-state index is -5.02. The summed E-state index contributed by atoms with van der Waals surface area (Å²) in [5.74, 6) is -1.83. The van der Waals surface area contributed by atoms with Crippen LogP contribution in [-0.2, 0) is 4.79 Å². The topological polar surface area (TPSA) is 53.3 Å². The summed E-state index contributed by atoms with van der Waals surface area (Å²) in [4.78, 5) is 11.5. The molecule has 0 heterocycles. The third-order valence-electron chi connectivity index (χ3n) is 2.51. The molecule has 1 aromatic carbocycles. The largest absolute Gasteiger partial charge is 0.496 e. The summed E-state index contributed by atoms with van der Waals surface area (Å²) < 4.78 is 42.1. The van der Waals surface area contributed by atoms with Crippen LogP contribution in [-0.4, -0.2) is 31.1 Å². The first-order valence-electron chi connectivity index (χ1n) is 5.19. The van der Waals surface area contributed by atoms with Gasteiger partial charge in [-0.1, -0.05) is 18.2 Å². The van der Waals surface area contributed by atoms with E-state index in [-0.39, 0.29) is 11.3 Å². The van der Waals surface area contributed by atoms with E-state index >= 15 is 0 Å². The van der Waals surface area contributed by atoms with Crippen LogP contribution in [0.15, 0.2) is 24.3 Å². The molecule has 4 nitrogen and oxygen atoms in total. The van der Waals surface area contributed by atoms with Gasteiger partial charge in [-0.3, -0.25) is 4.79 Å². The Labute approximate surface area is 108 Å². The van der Waals surface area contributed by atoms with Gasteiger partial charge in [0.25, 0.3) is 0 Å². The van der Waals surface area contributed by atoms with E-state index in [1.165, 1.54) is 19.2 Å². The number of amides is 1. The van der Waals surface area contributed by atoms with Crippen molar-refractivity contribution in [2.24, 2.45) is 0 Å². The molecule has 1 atom stereocenters. The maximum atomic E-state index is 12.4. The molecular weight excluding hydrogens is 261 g/mol. The summed E-state index contributed by atoms with van der Waals surface area (Å²) in [5, 5.41) is 9.02. The van der Waals surface area contributed by atoms with Gasteiger partial charge in [0.2, 0.25) is 0 Å². The van der Waals surface area contributed by atoms with Crippen molar-refractivity contribution in [3.05, 3.63) is 29.8 Å². The molecule has 0 N–H and O–H groups in total. The summed E-state index contributed by atoms with van der Waals surface area (Å²) >= 11 is 0. The molecule has 0 fully saturated rings. The average Bonchev–Trinajstić information content (AvgIpc) is 2.38. The number of ether oxygens (including phenoxy) is 1. The third kappa shape index (κ3) is 3.16. The second kappa shape index (κ2) is 5.61. The van der Waals surface area contributed by atoms with E-state index in [0.717, 1.165) is 7.05 Å². The van der Waals surface area contributed by atoms with E-state index in [1.54, 1.807) is 18.2 Å². The number of carbonyl (C=O) groups excluding carboxylic acids is 1. The highest BCUT2D eigenvalue weighted by Crippen LogP contribution is 2.30. The number of nitriles is 1. The molecule has 0 spiro atoms. The Morgan fingerprint density at radius 1 is 1.42 bits per heavy atom. The molecule has 0 aliphatic rings. The predicted octanol–water partition coefficient (Wildman–Crippen LogP) is 2.28. The van der Waals surface area contributed by atoms with Crippen molar-refractivity contribution < 1.29 is 22.7 Å². The van der Waals surface area contributed by atoms with Gasteiger partial charge in [-0.2, -0.15) is 18.4 Å². The number of rotatable bonds is 3. The van der Waals surface area contributed by atoms with Gasteiger partial charge < -0.3 is 9.64 Å². The van der Waals surface area contributed by atoms with Crippen molar-refractivity contribution in [3.8, 4) is 11.8 Å². The van der Waals surface area contributed by atoms with Gasteiger partial charge >= 0.3 is 12.1 Å². The fraction of sp³-hybridized carbons (Fsp3) is 0.333. The Morgan fingerprint density at radius 3 is 2.47 bits per heavy atom. The Bertz CT molecular complexity index is 508. The fourth-order valence-corrected chi connectivity index (χ4v) is 1.57. The first-order chi connectivity index (χ1) is 8.82. The summed E-state index contributed by atoms with van der Waals surface area (Å²) in [6.07, 6.45) is -5.02. The SMILES string of the molecule is COc1ccccc1C(C#N)N(C)C(=O)C(F)(F)F. The first-order valence-corrected chi connectivity index (χ1v) is 5.19. The van der Waals surface area contributed by atoms with Gasteiger partial charge in [0, 0.05) is 12.6 Å². The van der Waals surface area contributed by atoms with Gasteiger partial charge in [0.05, 0.1) is 13.2 Å². The molecule has 1 unspecified atom stereocenters. The number of carbonyl (C=O) groups is 1. The highest BCUT2D eigenvalue weighted by molar-refractivity contribution is 5.82. The molecule has 0 aromatic heterocycles. The lowest BCUT2D eigenvalue weighted by molar-refractivity contribution is -0.185. The monoisotopic (exact) mass is 272 g/mol. The number of alkyl halides is 3. The van der Waals surface area contributed by atoms with Crippen molar-refractivity contribution >= 4 is 5.91 Å². The molecule has 0 aliphatic heterocycles. The normalized spacial score (nSPS) is 12.4. The summed E-state index contributed by atoms with van der Waals surface area (Å²) in [5.41, 5.74) is 0.201. The molecule has 0 saturated heterocycles. The minimum absolute atomic E-state index is 0.201. The van der Waals surface area contributed by atoms with Crippen LogP contribution in [0.2, 0.25) is 0 Å². The number of halogens is 3. The fourth-order valence-electron chi connectivity index (χ4n) is 1.57. The number of hydrogen-bond acceptors (Lipinski definition) is 3. The molecule has 102 valence electrons. The van der Waals surface area contributed by atoms with E-state index in [4.69, 9.17) is 10.00 Å². The molecular formula is C12H11F3N2O2. The lowest BCUT2D eigenvalue weighted by Gasteiger charge is -2.25. The number of para-hydroxylation sites is 1. The van der Waals surface area contributed by atoms with Gasteiger partial charge in [0.15, 0.2) is 0 Å². The number of benzene rings is 1. The van der Waals surface area contributed by atoms with Crippen LogP contribution in [0.4, 0.5) is 13.2 Å². The molecule has 7 heteroatoms. The molecule has 0 saturated carbocycles. The Hall–Kier alpha value is -2.23. The molecule has 19 heavy (non-hydrogen) atoms. The highest BCUT2D eigenvalue weighted by Gasteiger charge is 2.43. The second-order valence-corrected chi connectivity index (χ2v) is 3.69. The van der Waals surface area contributed by atoms with Crippen molar-refractivity contribution in [2.75, 3.05) is 14.2 Å². The van der Waals surface area contributed by atoms with Crippen molar-refractivity contribution in [1.29, 1.82) is 5.26 Å². The maximum Gasteiger partial charge on any atom is 0.471 e. The van der Waals surface area contributed by atoms with Gasteiger partial charge in [-0.15, -0.1) is 0 Å². The minimum Gasteiger partial charge on any atom is -0.496 e. The Morgan fingerprint density at radius 2 is 2.00 bits per heavy atom. The van der Waals surface area contributed by atoms with Crippen LogP contribution < -0.4 is 4.74 Å². The van der Waals surface area contributed by atoms with Gasteiger partial charge in [-0.25, -0.2) is 0 Å². The third-order valence-corrected chi connectivity index (χ3v) is 2.51. The molecule has 0 radical (unpaired) electrons. The smallest absolute Gasteiger partial charge is 0.471 e. The van der Waals surface area contributed by atoms with Crippen molar-refractivity contribution in [1.82, 2.24) is 4.90 Å². The van der Waals surface area contributed by atoms with Crippen LogP contribution in [0, 0.1) is 11.3 Å². The van der Waals surface area contributed by atoms with Crippen LogP contribution in [0.1, 0.15) is 11.6 Å². The van der Waals surface area contributed by atoms with E-state index in [1.807, 2.05) is 0 Å². The first kappa shape index (κ1) is 14.8. The van der Waals surface area contributed by atoms with Crippen molar-refractivity contribution in [3.63, 3.8) is 0 Å². The molecule has 1 aromatic rings. The Kier molecular flexibility index (Phi) is 4.38. The van der Waals surface area contributed by atoms with Crippen LogP contribution in [0.25, 0.3) is 0 Å².